The van der Waals surface area contributed by atoms with Crippen molar-refractivity contribution in [2.45, 2.75) is 65.0 Å². The first kappa shape index (κ1) is 15.9. The summed E-state index contributed by atoms with van der Waals surface area (Å²) in [7, 11) is 2.14. The van der Waals surface area contributed by atoms with Gasteiger partial charge in [-0.2, -0.15) is 0 Å². The maximum absolute atomic E-state index is 9.48. The quantitative estimate of drug-likeness (QED) is 0.733. The van der Waals surface area contributed by atoms with Gasteiger partial charge in [-0.15, -0.1) is 0 Å². The van der Waals surface area contributed by atoms with Crippen LogP contribution in [0.25, 0.3) is 0 Å². The van der Waals surface area contributed by atoms with Crippen molar-refractivity contribution < 1.29 is 5.11 Å². The standard InChI is InChI=1S/C15H32N2O/c1-13(2)16-10-15(8-6-7-9-15)11-17(5)14(3,4)12-18/h13,16,18H,6-12H2,1-5H3. The molecule has 0 aromatic heterocycles. The van der Waals surface area contributed by atoms with Crippen LogP contribution in [0.3, 0.4) is 0 Å². The zero-order valence-electron chi connectivity index (χ0n) is 12.9. The van der Waals surface area contributed by atoms with Crippen molar-refractivity contribution in [1.82, 2.24) is 10.2 Å². The first-order chi connectivity index (χ1) is 8.31. The molecule has 0 heterocycles. The van der Waals surface area contributed by atoms with Gasteiger partial charge in [0.05, 0.1) is 6.61 Å². The first-order valence-corrected chi connectivity index (χ1v) is 7.37. The van der Waals surface area contributed by atoms with Crippen LogP contribution in [-0.4, -0.2) is 48.3 Å². The molecule has 0 atom stereocenters. The van der Waals surface area contributed by atoms with Gasteiger partial charge in [0, 0.05) is 24.7 Å². The van der Waals surface area contributed by atoms with Crippen LogP contribution in [0, 0.1) is 5.41 Å². The largest absolute Gasteiger partial charge is 0.394 e. The minimum absolute atomic E-state index is 0.118. The summed E-state index contributed by atoms with van der Waals surface area (Å²) in [5.41, 5.74) is 0.291. The van der Waals surface area contributed by atoms with Crippen LogP contribution >= 0.6 is 0 Å². The lowest BCUT2D eigenvalue weighted by Crippen LogP contribution is -2.51. The van der Waals surface area contributed by atoms with Gasteiger partial charge in [-0.25, -0.2) is 0 Å². The first-order valence-electron chi connectivity index (χ1n) is 7.37. The second-order valence-electron chi connectivity index (χ2n) is 7.07. The Morgan fingerprint density at radius 2 is 1.83 bits per heavy atom. The van der Waals surface area contributed by atoms with Crippen LogP contribution in [-0.2, 0) is 0 Å². The summed E-state index contributed by atoms with van der Waals surface area (Å²) in [5, 5.41) is 13.1. The summed E-state index contributed by atoms with van der Waals surface area (Å²) in [6, 6.07) is 0.554. The zero-order chi connectivity index (χ0) is 13.8. The van der Waals surface area contributed by atoms with E-state index in [0.717, 1.165) is 13.1 Å². The number of aliphatic hydroxyl groups is 1. The summed E-state index contributed by atoms with van der Waals surface area (Å²) >= 11 is 0. The molecule has 1 rings (SSSR count). The number of likely N-dealkylation sites (N-methyl/N-ethyl adjacent to an activating group) is 1. The Morgan fingerprint density at radius 1 is 1.28 bits per heavy atom. The van der Waals surface area contributed by atoms with Gasteiger partial charge in [-0.3, -0.25) is 4.90 Å². The van der Waals surface area contributed by atoms with E-state index in [0.29, 0.717) is 11.5 Å². The SMILES string of the molecule is CC(C)NCC1(CN(C)C(C)(C)CO)CCCC1. The molecule has 0 saturated heterocycles. The van der Waals surface area contributed by atoms with E-state index in [9.17, 15) is 5.11 Å². The highest BCUT2D eigenvalue weighted by Gasteiger charge is 2.37. The number of nitrogens with zero attached hydrogens (tertiary/aromatic N) is 1. The van der Waals surface area contributed by atoms with Crippen LogP contribution in [0.15, 0.2) is 0 Å². The smallest absolute Gasteiger partial charge is 0.0609 e. The lowest BCUT2D eigenvalue weighted by atomic mass is 9.84. The molecule has 0 aromatic rings. The Labute approximate surface area is 113 Å². The Kier molecular flexibility index (Phi) is 5.63. The highest BCUT2D eigenvalue weighted by atomic mass is 16.3. The van der Waals surface area contributed by atoms with Crippen LogP contribution in [0.4, 0.5) is 0 Å². The van der Waals surface area contributed by atoms with E-state index in [4.69, 9.17) is 0 Å². The van der Waals surface area contributed by atoms with E-state index >= 15 is 0 Å². The van der Waals surface area contributed by atoms with Gasteiger partial charge in [0.15, 0.2) is 0 Å². The Morgan fingerprint density at radius 3 is 2.28 bits per heavy atom. The number of nitrogens with one attached hydrogen (secondary N) is 1. The van der Waals surface area contributed by atoms with Crippen LogP contribution in [0.5, 0.6) is 0 Å². The van der Waals surface area contributed by atoms with Crippen molar-refractivity contribution in [3.8, 4) is 0 Å². The topological polar surface area (TPSA) is 35.5 Å². The summed E-state index contributed by atoms with van der Waals surface area (Å²) < 4.78 is 0. The maximum Gasteiger partial charge on any atom is 0.0609 e. The Balaban J connectivity index is 2.62. The summed E-state index contributed by atoms with van der Waals surface area (Å²) in [4.78, 5) is 2.33. The molecule has 1 aliphatic carbocycles. The van der Waals surface area contributed by atoms with Crippen molar-refractivity contribution in [1.29, 1.82) is 0 Å². The monoisotopic (exact) mass is 256 g/mol. The molecule has 0 bridgehead atoms. The van der Waals surface area contributed by atoms with E-state index in [2.05, 4.69) is 45.0 Å². The second kappa shape index (κ2) is 6.36. The van der Waals surface area contributed by atoms with Crippen molar-refractivity contribution in [3.05, 3.63) is 0 Å². The van der Waals surface area contributed by atoms with E-state index in [1.165, 1.54) is 25.7 Å². The van der Waals surface area contributed by atoms with Crippen molar-refractivity contribution in [3.63, 3.8) is 0 Å². The molecule has 0 aliphatic heterocycles. The third kappa shape index (κ3) is 4.22. The third-order valence-electron chi connectivity index (χ3n) is 4.54. The van der Waals surface area contributed by atoms with Gasteiger partial charge in [0.2, 0.25) is 0 Å². The predicted molar refractivity (Wildman–Crippen MR) is 77.8 cm³/mol. The lowest BCUT2D eigenvalue weighted by molar-refractivity contribution is 0.0410. The average molecular weight is 256 g/mol. The van der Waals surface area contributed by atoms with Gasteiger partial charge < -0.3 is 10.4 Å². The molecule has 2 N–H and O–H groups in total. The fourth-order valence-corrected chi connectivity index (χ4v) is 2.77. The minimum atomic E-state index is -0.118. The molecule has 1 fully saturated rings. The number of hydrogen-bond donors (Lipinski definition) is 2. The fraction of sp³-hybridized carbons (Fsp3) is 1.00. The summed E-state index contributed by atoms with van der Waals surface area (Å²) in [5.74, 6) is 0. The molecule has 3 heteroatoms. The molecular formula is C15H32N2O. The van der Waals surface area contributed by atoms with Gasteiger partial charge in [-0.1, -0.05) is 26.7 Å². The molecule has 0 amide bonds. The zero-order valence-corrected chi connectivity index (χ0v) is 12.9. The molecule has 0 radical (unpaired) electrons. The lowest BCUT2D eigenvalue weighted by Gasteiger charge is -2.41. The number of rotatable bonds is 7. The Hall–Kier alpha value is -0.120. The maximum atomic E-state index is 9.48. The van der Waals surface area contributed by atoms with E-state index < -0.39 is 0 Å². The number of aliphatic hydroxyl groups excluding tert-OH is 1. The molecule has 0 spiro atoms. The normalized spacial score (nSPS) is 20.0. The van der Waals surface area contributed by atoms with Crippen molar-refractivity contribution in [2.24, 2.45) is 5.41 Å². The molecule has 18 heavy (non-hydrogen) atoms. The molecule has 1 aliphatic rings. The third-order valence-corrected chi connectivity index (χ3v) is 4.54. The van der Waals surface area contributed by atoms with Gasteiger partial charge >= 0.3 is 0 Å². The van der Waals surface area contributed by atoms with Crippen molar-refractivity contribution in [2.75, 3.05) is 26.7 Å². The van der Waals surface area contributed by atoms with Gasteiger partial charge in [0.25, 0.3) is 0 Å². The molecule has 0 aromatic carbocycles. The Bertz CT molecular complexity index is 245. The van der Waals surface area contributed by atoms with Crippen LogP contribution in [0.1, 0.15) is 53.4 Å². The molecule has 108 valence electrons. The highest BCUT2D eigenvalue weighted by Crippen LogP contribution is 2.39. The van der Waals surface area contributed by atoms with Gasteiger partial charge in [-0.05, 0) is 39.2 Å². The predicted octanol–water partition coefficient (Wildman–Crippen LogP) is 2.25. The fourth-order valence-electron chi connectivity index (χ4n) is 2.77. The minimum Gasteiger partial charge on any atom is -0.394 e. The molecule has 1 saturated carbocycles. The van der Waals surface area contributed by atoms with Crippen molar-refractivity contribution >= 4 is 0 Å². The average Bonchev–Trinajstić information content (AvgIpc) is 2.75. The number of hydrogen-bond acceptors (Lipinski definition) is 3. The molecular weight excluding hydrogens is 224 g/mol. The summed E-state index contributed by atoms with van der Waals surface area (Å²) in [6.07, 6.45) is 5.34. The van der Waals surface area contributed by atoms with Gasteiger partial charge in [0.1, 0.15) is 0 Å². The second-order valence-corrected chi connectivity index (χ2v) is 7.07. The van der Waals surface area contributed by atoms with Crippen LogP contribution in [0.2, 0.25) is 0 Å². The van der Waals surface area contributed by atoms with Crippen LogP contribution < -0.4 is 5.32 Å². The van der Waals surface area contributed by atoms with E-state index in [1.807, 2.05) is 0 Å². The molecule has 3 nitrogen and oxygen atoms in total. The van der Waals surface area contributed by atoms with E-state index in [1.54, 1.807) is 0 Å². The highest BCUT2D eigenvalue weighted by molar-refractivity contribution is 4.92. The van der Waals surface area contributed by atoms with E-state index in [-0.39, 0.29) is 12.1 Å². The molecule has 0 unspecified atom stereocenters. The summed E-state index contributed by atoms with van der Waals surface area (Å²) in [6.45, 7) is 11.1.